The lowest BCUT2D eigenvalue weighted by molar-refractivity contribution is -0.138. The van der Waals surface area contributed by atoms with Gasteiger partial charge in [-0.2, -0.15) is 0 Å². The third kappa shape index (κ3) is 11.4. The van der Waals surface area contributed by atoms with Crippen molar-refractivity contribution in [2.45, 2.75) is 51.9 Å². The molecule has 1 aromatic rings. The minimum absolute atomic E-state index is 0.327. The van der Waals surface area contributed by atoms with E-state index in [9.17, 15) is 4.79 Å². The van der Waals surface area contributed by atoms with E-state index in [1.165, 1.54) is 38.2 Å². The maximum Gasteiger partial charge on any atom is 0.330 e. The Bertz CT molecular complexity index is 479. The average Bonchev–Trinajstić information content (AvgIpc) is 2.65. The van der Waals surface area contributed by atoms with Gasteiger partial charge in [0.05, 0.1) is 13.7 Å². The van der Waals surface area contributed by atoms with E-state index in [-0.39, 0.29) is 5.97 Å². The molecule has 0 aliphatic heterocycles. The summed E-state index contributed by atoms with van der Waals surface area (Å²) in [6.07, 6.45) is 11.5. The van der Waals surface area contributed by atoms with Crippen molar-refractivity contribution in [3.8, 4) is 5.75 Å². The molecule has 140 valence electrons. The van der Waals surface area contributed by atoms with Gasteiger partial charge < -0.3 is 14.2 Å². The highest BCUT2D eigenvalue weighted by atomic mass is 16.5. The number of esters is 1. The van der Waals surface area contributed by atoms with E-state index < -0.39 is 0 Å². The summed E-state index contributed by atoms with van der Waals surface area (Å²) < 4.78 is 15.8. The largest absolute Gasteiger partial charge is 0.497 e. The molecule has 1 rings (SSSR count). The second kappa shape index (κ2) is 14.5. The molecule has 0 unspecified atom stereocenters. The number of benzene rings is 1. The van der Waals surface area contributed by atoms with Gasteiger partial charge in [0.1, 0.15) is 5.75 Å². The first-order chi connectivity index (χ1) is 12.3. The van der Waals surface area contributed by atoms with Crippen molar-refractivity contribution in [3.63, 3.8) is 0 Å². The number of hydrogen-bond acceptors (Lipinski definition) is 4. The Balaban J connectivity index is 1.98. The van der Waals surface area contributed by atoms with Gasteiger partial charge >= 0.3 is 5.97 Å². The minimum Gasteiger partial charge on any atom is -0.497 e. The van der Waals surface area contributed by atoms with Crippen LogP contribution in [0.2, 0.25) is 0 Å². The SMILES string of the molecule is CCCCCCCCOCCCOC(=O)C=Cc1ccc(OC)cc1. The van der Waals surface area contributed by atoms with Crippen LogP contribution in [0.4, 0.5) is 0 Å². The summed E-state index contributed by atoms with van der Waals surface area (Å²) in [5.74, 6) is 0.465. The van der Waals surface area contributed by atoms with E-state index in [0.29, 0.717) is 13.2 Å². The molecule has 1 aromatic carbocycles. The van der Waals surface area contributed by atoms with Crippen molar-refractivity contribution in [1.29, 1.82) is 0 Å². The monoisotopic (exact) mass is 348 g/mol. The molecule has 0 saturated carbocycles. The Morgan fingerprint density at radius 2 is 1.60 bits per heavy atom. The Hall–Kier alpha value is -1.81. The molecule has 0 atom stereocenters. The molecule has 4 nitrogen and oxygen atoms in total. The summed E-state index contributed by atoms with van der Waals surface area (Å²) in [5, 5.41) is 0. The number of hydrogen-bond donors (Lipinski definition) is 0. The zero-order chi connectivity index (χ0) is 18.2. The smallest absolute Gasteiger partial charge is 0.330 e. The van der Waals surface area contributed by atoms with Crippen LogP contribution in [0.15, 0.2) is 30.3 Å². The van der Waals surface area contributed by atoms with Gasteiger partial charge in [-0.15, -0.1) is 0 Å². The summed E-state index contributed by atoms with van der Waals surface area (Å²) in [6, 6.07) is 7.48. The topological polar surface area (TPSA) is 44.8 Å². The van der Waals surface area contributed by atoms with Crippen LogP contribution in [0.1, 0.15) is 57.4 Å². The number of unbranched alkanes of at least 4 members (excludes halogenated alkanes) is 5. The van der Waals surface area contributed by atoms with Gasteiger partial charge in [0.2, 0.25) is 0 Å². The van der Waals surface area contributed by atoms with E-state index >= 15 is 0 Å². The van der Waals surface area contributed by atoms with Crippen LogP contribution in [0.25, 0.3) is 6.08 Å². The summed E-state index contributed by atoms with van der Waals surface area (Å²) >= 11 is 0. The van der Waals surface area contributed by atoms with Crippen LogP contribution < -0.4 is 4.74 Å². The van der Waals surface area contributed by atoms with E-state index in [1.807, 2.05) is 24.3 Å². The predicted molar refractivity (Wildman–Crippen MR) is 102 cm³/mol. The van der Waals surface area contributed by atoms with E-state index in [2.05, 4.69) is 6.92 Å². The molecule has 0 N–H and O–H groups in total. The predicted octanol–water partition coefficient (Wildman–Crippen LogP) is 5.02. The maximum absolute atomic E-state index is 11.6. The molecule has 0 heterocycles. The molecule has 0 fully saturated rings. The first kappa shape index (κ1) is 21.2. The van der Waals surface area contributed by atoms with Crippen LogP contribution >= 0.6 is 0 Å². The molecular formula is C21H32O4. The Kier molecular flexibility index (Phi) is 12.3. The number of ether oxygens (including phenoxy) is 3. The van der Waals surface area contributed by atoms with Crippen molar-refractivity contribution < 1.29 is 19.0 Å². The van der Waals surface area contributed by atoms with Crippen molar-refractivity contribution in [1.82, 2.24) is 0 Å². The van der Waals surface area contributed by atoms with Gasteiger partial charge in [0.15, 0.2) is 0 Å². The lowest BCUT2D eigenvalue weighted by Gasteiger charge is -2.05. The first-order valence-electron chi connectivity index (χ1n) is 9.33. The minimum atomic E-state index is -0.327. The number of methoxy groups -OCH3 is 1. The molecule has 0 aliphatic rings. The number of rotatable bonds is 14. The van der Waals surface area contributed by atoms with Gasteiger partial charge in [-0.05, 0) is 30.2 Å². The fraction of sp³-hybridized carbons (Fsp3) is 0.571. The van der Waals surface area contributed by atoms with Crippen LogP contribution in [0, 0.1) is 0 Å². The van der Waals surface area contributed by atoms with Crippen LogP contribution in [-0.2, 0) is 14.3 Å². The fourth-order valence-electron chi connectivity index (χ4n) is 2.35. The summed E-state index contributed by atoms with van der Waals surface area (Å²) in [7, 11) is 1.62. The average molecular weight is 348 g/mol. The normalized spacial score (nSPS) is 11.0. The molecule has 0 amide bonds. The summed E-state index contributed by atoms with van der Waals surface area (Å²) in [4.78, 5) is 11.6. The number of carbonyl (C=O) groups is 1. The van der Waals surface area contributed by atoms with Crippen molar-refractivity contribution in [2.24, 2.45) is 0 Å². The van der Waals surface area contributed by atoms with Gasteiger partial charge in [-0.25, -0.2) is 4.79 Å². The lowest BCUT2D eigenvalue weighted by atomic mass is 10.1. The van der Waals surface area contributed by atoms with E-state index in [4.69, 9.17) is 14.2 Å². The standard InChI is InChI=1S/C21H32O4/c1-3-4-5-6-7-8-16-24-17-9-18-25-21(22)15-12-19-10-13-20(23-2)14-11-19/h10-15H,3-9,16-18H2,1-2H3. The number of carbonyl (C=O) groups excluding carboxylic acids is 1. The van der Waals surface area contributed by atoms with Crippen molar-refractivity contribution in [3.05, 3.63) is 35.9 Å². The molecular weight excluding hydrogens is 316 g/mol. The molecule has 0 radical (unpaired) electrons. The highest BCUT2D eigenvalue weighted by molar-refractivity contribution is 5.87. The summed E-state index contributed by atoms with van der Waals surface area (Å²) in [6.45, 7) is 4.06. The van der Waals surface area contributed by atoms with Crippen molar-refractivity contribution >= 4 is 12.0 Å². The van der Waals surface area contributed by atoms with E-state index in [1.54, 1.807) is 13.2 Å². The Labute approximate surface area is 152 Å². The van der Waals surface area contributed by atoms with Gasteiger partial charge in [0.25, 0.3) is 0 Å². The highest BCUT2D eigenvalue weighted by Crippen LogP contribution is 2.12. The molecule has 25 heavy (non-hydrogen) atoms. The molecule has 0 aromatic heterocycles. The van der Waals surface area contributed by atoms with Gasteiger partial charge in [-0.3, -0.25) is 0 Å². The third-order valence-electron chi connectivity index (χ3n) is 3.85. The first-order valence-corrected chi connectivity index (χ1v) is 9.33. The molecule has 0 spiro atoms. The molecule has 0 aliphatic carbocycles. The zero-order valence-electron chi connectivity index (χ0n) is 15.7. The van der Waals surface area contributed by atoms with Crippen LogP contribution in [-0.4, -0.2) is 32.9 Å². The van der Waals surface area contributed by atoms with Crippen LogP contribution in [0.5, 0.6) is 5.75 Å². The van der Waals surface area contributed by atoms with Crippen LogP contribution in [0.3, 0.4) is 0 Å². The molecule has 0 saturated heterocycles. The third-order valence-corrected chi connectivity index (χ3v) is 3.85. The second-order valence-electron chi connectivity index (χ2n) is 6.01. The second-order valence-corrected chi connectivity index (χ2v) is 6.01. The lowest BCUT2D eigenvalue weighted by Crippen LogP contribution is -2.06. The molecule has 4 heteroatoms. The van der Waals surface area contributed by atoms with Gasteiger partial charge in [-0.1, -0.05) is 51.2 Å². The van der Waals surface area contributed by atoms with Gasteiger partial charge in [0, 0.05) is 25.7 Å². The Morgan fingerprint density at radius 1 is 0.920 bits per heavy atom. The maximum atomic E-state index is 11.6. The zero-order valence-corrected chi connectivity index (χ0v) is 15.7. The summed E-state index contributed by atoms with van der Waals surface area (Å²) in [5.41, 5.74) is 0.931. The van der Waals surface area contributed by atoms with Crippen molar-refractivity contribution in [2.75, 3.05) is 26.9 Å². The quantitative estimate of drug-likeness (QED) is 0.269. The molecule has 0 bridgehead atoms. The Morgan fingerprint density at radius 3 is 2.32 bits per heavy atom. The fourth-order valence-corrected chi connectivity index (χ4v) is 2.35. The highest BCUT2D eigenvalue weighted by Gasteiger charge is 1.98. The van der Waals surface area contributed by atoms with E-state index in [0.717, 1.165) is 30.8 Å².